The van der Waals surface area contributed by atoms with Crippen LogP contribution in [0.5, 0.6) is 0 Å². The van der Waals surface area contributed by atoms with Gasteiger partial charge in [0.15, 0.2) is 11.7 Å². The highest BCUT2D eigenvalue weighted by Gasteiger charge is 2.61. The Bertz CT molecular complexity index is 1040. The van der Waals surface area contributed by atoms with E-state index in [9.17, 15) is 9.59 Å². The van der Waals surface area contributed by atoms with Gasteiger partial charge in [0.25, 0.3) is 0 Å². The highest BCUT2D eigenvalue weighted by molar-refractivity contribution is 5.87. The number of carbonyl (C=O) groups excluding carboxylic acids is 1. The summed E-state index contributed by atoms with van der Waals surface area (Å²) in [4.78, 5) is 32.1. The van der Waals surface area contributed by atoms with Gasteiger partial charge in [0.1, 0.15) is 11.6 Å². The first kappa shape index (κ1) is 35.2. The standard InChI is InChI=1S/C37H61N3O6/c1-2-30-20-15-16-24-36(46-30)28-29-22-23-31-33(37(25-17-19-27-45-37)39-35(38-36)40(29)31)34(43)44-26-18-13-11-9-7-5-3-4-6-8-10-12-14-21-32(41)42/h15,20,29-31,33H,2-14,16-19,21-28H2,1H3,(H,38,39)(H,41,42)/t29-,30-,31+,33+,36-,37+/m0/s1. The predicted octanol–water partition coefficient (Wildman–Crippen LogP) is 7.63. The van der Waals surface area contributed by atoms with Crippen LogP contribution in [0.2, 0.25) is 0 Å². The normalized spacial score (nSPS) is 31.8. The first-order valence-corrected chi connectivity index (χ1v) is 19.0. The monoisotopic (exact) mass is 643 g/mol. The largest absolute Gasteiger partial charge is 0.481 e. The lowest BCUT2D eigenvalue weighted by Crippen LogP contribution is -2.71. The fraction of sp³-hybridized carbons (Fsp3) is 0.865. The Morgan fingerprint density at radius 2 is 1.67 bits per heavy atom. The van der Waals surface area contributed by atoms with E-state index >= 15 is 0 Å². The third-order valence-corrected chi connectivity index (χ3v) is 11.0. The molecule has 0 radical (unpaired) electrons. The van der Waals surface area contributed by atoms with Gasteiger partial charge in [-0.1, -0.05) is 89.7 Å². The van der Waals surface area contributed by atoms with E-state index in [0.29, 0.717) is 25.7 Å². The topological polar surface area (TPSA) is 110 Å². The van der Waals surface area contributed by atoms with Crippen LogP contribution in [0.3, 0.4) is 0 Å². The second kappa shape index (κ2) is 17.3. The SMILES string of the molecule is CC[C@H]1C=CCC[C@@]2(C[C@@H]3CC[C@@H]4[C@H](C(=O)OCCCCCCCCCCCCCCCC(=O)O)[C@]5(CCCCO5)N=C(N2)N34)O1. The van der Waals surface area contributed by atoms with Gasteiger partial charge in [-0.15, -0.1) is 0 Å². The zero-order chi connectivity index (χ0) is 32.2. The Kier molecular flexibility index (Phi) is 13.2. The summed E-state index contributed by atoms with van der Waals surface area (Å²) < 4.78 is 19.2. The molecule has 0 saturated carbocycles. The van der Waals surface area contributed by atoms with E-state index < -0.39 is 17.4 Å². The number of aliphatic imine (C=N–C) groups is 1. The number of carboxylic acid groups (broad SMARTS) is 1. The van der Waals surface area contributed by atoms with Crippen molar-refractivity contribution in [1.29, 1.82) is 0 Å². The lowest BCUT2D eigenvalue weighted by molar-refractivity contribution is -0.181. The van der Waals surface area contributed by atoms with Crippen molar-refractivity contribution in [3.63, 3.8) is 0 Å². The molecule has 0 unspecified atom stereocenters. The fourth-order valence-corrected chi connectivity index (χ4v) is 8.58. The molecule has 0 aromatic rings. The molecule has 2 N–H and O–H groups in total. The number of hydrogen-bond donors (Lipinski definition) is 2. The molecule has 6 atom stereocenters. The van der Waals surface area contributed by atoms with E-state index in [1.807, 2.05) is 0 Å². The fourth-order valence-electron chi connectivity index (χ4n) is 8.58. The number of hydrogen-bond acceptors (Lipinski definition) is 8. The molecule has 5 heterocycles. The van der Waals surface area contributed by atoms with E-state index in [4.69, 9.17) is 24.3 Å². The maximum Gasteiger partial charge on any atom is 0.316 e. The Balaban J connectivity index is 1.04. The van der Waals surface area contributed by atoms with Crippen molar-refractivity contribution in [2.24, 2.45) is 10.9 Å². The zero-order valence-corrected chi connectivity index (χ0v) is 28.5. The lowest BCUT2D eigenvalue weighted by atomic mass is 9.81. The molecule has 0 aromatic carbocycles. The number of carbonyl (C=O) groups is 2. The Morgan fingerprint density at radius 1 is 0.978 bits per heavy atom. The van der Waals surface area contributed by atoms with Gasteiger partial charge in [-0.3, -0.25) is 9.59 Å². The second-order valence-corrected chi connectivity index (χ2v) is 14.5. The third kappa shape index (κ3) is 9.06. The summed E-state index contributed by atoms with van der Waals surface area (Å²) >= 11 is 0. The highest BCUT2D eigenvalue weighted by Crippen LogP contribution is 2.49. The Hall–Kier alpha value is -2.13. The number of esters is 1. The number of ether oxygens (including phenoxy) is 3. The highest BCUT2D eigenvalue weighted by atomic mass is 16.5. The van der Waals surface area contributed by atoms with Crippen LogP contribution in [0.25, 0.3) is 0 Å². The number of aliphatic carboxylic acids is 1. The smallest absolute Gasteiger partial charge is 0.316 e. The molecule has 5 aliphatic heterocycles. The van der Waals surface area contributed by atoms with Gasteiger partial charge in [-0.25, -0.2) is 4.99 Å². The number of rotatable bonds is 18. The second-order valence-electron chi connectivity index (χ2n) is 14.5. The van der Waals surface area contributed by atoms with Crippen molar-refractivity contribution >= 4 is 17.9 Å². The molecule has 2 spiro atoms. The molecule has 0 bridgehead atoms. The third-order valence-electron chi connectivity index (χ3n) is 11.0. The molecule has 5 aliphatic rings. The molecule has 0 amide bonds. The Labute approximate surface area is 277 Å². The molecule has 3 fully saturated rings. The average molecular weight is 644 g/mol. The summed E-state index contributed by atoms with van der Waals surface area (Å²) in [6, 6.07) is 0.364. The number of nitrogens with zero attached hydrogens (tertiary/aromatic N) is 2. The average Bonchev–Trinajstić information content (AvgIpc) is 3.35. The van der Waals surface area contributed by atoms with Crippen molar-refractivity contribution in [2.75, 3.05) is 13.2 Å². The van der Waals surface area contributed by atoms with Gasteiger partial charge in [0.2, 0.25) is 0 Å². The van der Waals surface area contributed by atoms with Crippen LogP contribution in [0.15, 0.2) is 17.1 Å². The summed E-state index contributed by atoms with van der Waals surface area (Å²) in [5, 5.41) is 12.5. The lowest BCUT2D eigenvalue weighted by Gasteiger charge is -2.54. The van der Waals surface area contributed by atoms with Crippen molar-refractivity contribution in [2.45, 2.75) is 184 Å². The number of unbranched alkanes of at least 4 members (excludes halogenated alkanes) is 12. The molecule has 260 valence electrons. The molecular weight excluding hydrogens is 582 g/mol. The predicted molar refractivity (Wildman–Crippen MR) is 179 cm³/mol. The van der Waals surface area contributed by atoms with E-state index in [-0.39, 0.29) is 24.0 Å². The van der Waals surface area contributed by atoms with Crippen molar-refractivity contribution in [3.8, 4) is 0 Å². The van der Waals surface area contributed by atoms with Crippen LogP contribution in [0.4, 0.5) is 0 Å². The number of guanidine groups is 1. The summed E-state index contributed by atoms with van der Waals surface area (Å²) in [6.07, 6.45) is 28.5. The molecule has 3 saturated heterocycles. The van der Waals surface area contributed by atoms with Crippen LogP contribution in [-0.4, -0.2) is 70.8 Å². The molecule has 46 heavy (non-hydrogen) atoms. The van der Waals surface area contributed by atoms with Crippen LogP contribution in [-0.2, 0) is 23.8 Å². The molecular formula is C37H61N3O6. The first-order chi connectivity index (χ1) is 22.5. The van der Waals surface area contributed by atoms with Crippen molar-refractivity contribution in [3.05, 3.63) is 12.2 Å². The summed E-state index contributed by atoms with van der Waals surface area (Å²) in [5.74, 6) is -0.323. The molecule has 9 nitrogen and oxygen atoms in total. The van der Waals surface area contributed by atoms with Gasteiger partial charge < -0.3 is 29.5 Å². The summed E-state index contributed by atoms with van der Waals surface area (Å²) in [6.45, 7) is 3.29. The summed E-state index contributed by atoms with van der Waals surface area (Å²) in [5.41, 5.74) is -1.27. The van der Waals surface area contributed by atoms with Gasteiger partial charge in [-0.05, 0) is 64.2 Å². The molecule has 0 aliphatic carbocycles. The quantitative estimate of drug-likeness (QED) is 0.0892. The van der Waals surface area contributed by atoms with Gasteiger partial charge in [0, 0.05) is 25.5 Å². The maximum atomic E-state index is 13.8. The maximum absolute atomic E-state index is 13.8. The van der Waals surface area contributed by atoms with Crippen LogP contribution in [0, 0.1) is 5.92 Å². The van der Waals surface area contributed by atoms with Gasteiger partial charge in [-0.2, -0.15) is 0 Å². The minimum absolute atomic E-state index is 0.0516. The molecule has 9 heteroatoms. The molecule has 5 rings (SSSR count). The van der Waals surface area contributed by atoms with Crippen LogP contribution >= 0.6 is 0 Å². The minimum atomic E-state index is -0.847. The van der Waals surface area contributed by atoms with E-state index in [1.165, 1.54) is 51.4 Å². The first-order valence-electron chi connectivity index (χ1n) is 19.0. The molecule has 0 aromatic heterocycles. The van der Waals surface area contributed by atoms with Gasteiger partial charge in [0.05, 0.1) is 18.8 Å². The summed E-state index contributed by atoms with van der Waals surface area (Å²) in [7, 11) is 0. The minimum Gasteiger partial charge on any atom is -0.481 e. The van der Waals surface area contributed by atoms with E-state index in [2.05, 4.69) is 29.3 Å². The Morgan fingerprint density at radius 3 is 2.33 bits per heavy atom. The van der Waals surface area contributed by atoms with Crippen LogP contribution in [0.1, 0.15) is 155 Å². The van der Waals surface area contributed by atoms with Crippen molar-refractivity contribution < 1.29 is 28.9 Å². The number of carboxylic acids is 1. The number of nitrogens with one attached hydrogen (secondary N) is 1. The van der Waals surface area contributed by atoms with Gasteiger partial charge >= 0.3 is 11.9 Å². The van der Waals surface area contributed by atoms with Crippen LogP contribution < -0.4 is 5.32 Å². The van der Waals surface area contributed by atoms with E-state index in [0.717, 1.165) is 95.9 Å². The zero-order valence-electron chi connectivity index (χ0n) is 28.5. The number of allylic oxidation sites excluding steroid dienone is 1. The van der Waals surface area contributed by atoms with Crippen molar-refractivity contribution in [1.82, 2.24) is 10.2 Å². The van der Waals surface area contributed by atoms with E-state index in [1.54, 1.807) is 0 Å².